The summed E-state index contributed by atoms with van der Waals surface area (Å²) in [5.74, 6) is 4.20. The molecule has 1 aliphatic rings. The zero-order valence-electron chi connectivity index (χ0n) is 18.0. The molecule has 0 radical (unpaired) electrons. The van der Waals surface area contributed by atoms with Crippen LogP contribution in [-0.2, 0) is 6.42 Å². The number of hydrogen-bond donors (Lipinski definition) is 1. The second kappa shape index (κ2) is 10.3. The van der Waals surface area contributed by atoms with E-state index >= 15 is 0 Å². The Hall–Kier alpha value is -2.57. The van der Waals surface area contributed by atoms with E-state index in [0.717, 1.165) is 63.0 Å². The Morgan fingerprint density at radius 3 is 2.79 bits per heavy atom. The van der Waals surface area contributed by atoms with Crippen molar-refractivity contribution in [2.45, 2.75) is 51.9 Å². The average Bonchev–Trinajstić information content (AvgIpc) is 3.40. The van der Waals surface area contributed by atoms with Crippen molar-refractivity contribution >= 4 is 5.96 Å². The van der Waals surface area contributed by atoms with Crippen molar-refractivity contribution in [1.82, 2.24) is 20.4 Å². The fraction of sp³-hybridized carbons (Fsp3) is 0.591. The van der Waals surface area contributed by atoms with Crippen molar-refractivity contribution in [2.75, 3.05) is 33.3 Å². The summed E-state index contributed by atoms with van der Waals surface area (Å²) >= 11 is 0. The molecule has 0 spiro atoms. The number of nitrogens with one attached hydrogen (secondary N) is 1. The van der Waals surface area contributed by atoms with Gasteiger partial charge >= 0.3 is 0 Å². The van der Waals surface area contributed by atoms with E-state index in [4.69, 9.17) is 14.3 Å². The van der Waals surface area contributed by atoms with Crippen molar-refractivity contribution in [3.05, 3.63) is 41.5 Å². The van der Waals surface area contributed by atoms with Gasteiger partial charge in [-0.2, -0.15) is 4.98 Å². The maximum atomic E-state index is 5.32. The Morgan fingerprint density at radius 1 is 1.34 bits per heavy atom. The van der Waals surface area contributed by atoms with Crippen LogP contribution in [0.1, 0.15) is 62.7 Å². The van der Waals surface area contributed by atoms with Crippen LogP contribution in [0.5, 0.6) is 5.75 Å². The molecule has 7 heteroatoms. The highest BCUT2D eigenvalue weighted by Gasteiger charge is 2.26. The summed E-state index contributed by atoms with van der Waals surface area (Å²) in [4.78, 5) is 11.6. The van der Waals surface area contributed by atoms with Crippen molar-refractivity contribution in [1.29, 1.82) is 0 Å². The molecule has 29 heavy (non-hydrogen) atoms. The van der Waals surface area contributed by atoms with E-state index in [0.29, 0.717) is 17.7 Å². The van der Waals surface area contributed by atoms with Crippen molar-refractivity contribution in [3.8, 4) is 5.75 Å². The van der Waals surface area contributed by atoms with Gasteiger partial charge in [0.1, 0.15) is 5.75 Å². The van der Waals surface area contributed by atoms with E-state index in [2.05, 4.69) is 53.3 Å². The average molecular weight is 400 g/mol. The van der Waals surface area contributed by atoms with Crippen molar-refractivity contribution < 1.29 is 9.26 Å². The molecule has 2 heterocycles. The molecule has 1 aromatic heterocycles. The van der Waals surface area contributed by atoms with Crippen LogP contribution < -0.4 is 10.1 Å². The first-order valence-electron chi connectivity index (χ1n) is 10.6. The first-order valence-corrected chi connectivity index (χ1v) is 10.6. The molecular weight excluding hydrogens is 366 g/mol. The van der Waals surface area contributed by atoms with Crippen LogP contribution in [-0.4, -0.2) is 54.3 Å². The Kier molecular flexibility index (Phi) is 7.49. The molecule has 2 aromatic rings. The molecule has 1 N–H and O–H groups in total. The molecule has 0 amide bonds. The molecule has 1 atom stereocenters. The fourth-order valence-corrected chi connectivity index (χ4v) is 3.55. The van der Waals surface area contributed by atoms with Gasteiger partial charge < -0.3 is 19.5 Å². The third-order valence-electron chi connectivity index (χ3n) is 5.22. The predicted octanol–water partition coefficient (Wildman–Crippen LogP) is 3.59. The Morgan fingerprint density at radius 2 is 2.14 bits per heavy atom. The van der Waals surface area contributed by atoms with Gasteiger partial charge in [0.2, 0.25) is 5.89 Å². The molecule has 0 bridgehead atoms. The number of benzene rings is 1. The van der Waals surface area contributed by atoms with Gasteiger partial charge in [-0.15, -0.1) is 0 Å². The molecule has 158 valence electrons. The van der Waals surface area contributed by atoms with Gasteiger partial charge in [-0.05, 0) is 37.5 Å². The van der Waals surface area contributed by atoms with E-state index in [1.54, 1.807) is 7.11 Å². The maximum Gasteiger partial charge on any atom is 0.226 e. The minimum absolute atomic E-state index is 0.291. The minimum Gasteiger partial charge on any atom is -0.497 e. The van der Waals surface area contributed by atoms with Gasteiger partial charge in [0.15, 0.2) is 11.8 Å². The molecule has 0 aliphatic carbocycles. The number of likely N-dealkylation sites (tertiary alicyclic amines) is 1. The Labute approximate surface area is 173 Å². The first kappa shape index (κ1) is 21.1. The molecule has 7 nitrogen and oxygen atoms in total. The summed E-state index contributed by atoms with van der Waals surface area (Å²) in [7, 11) is 1.70. The largest absolute Gasteiger partial charge is 0.497 e. The van der Waals surface area contributed by atoms with Crippen molar-refractivity contribution in [2.24, 2.45) is 4.99 Å². The summed E-state index contributed by atoms with van der Waals surface area (Å²) in [6.45, 7) is 9.85. The lowest BCUT2D eigenvalue weighted by Gasteiger charge is -2.21. The zero-order valence-corrected chi connectivity index (χ0v) is 18.0. The van der Waals surface area contributed by atoms with Crippen LogP contribution in [0, 0.1) is 0 Å². The van der Waals surface area contributed by atoms with Crippen LogP contribution in [0.25, 0.3) is 0 Å². The molecule has 1 unspecified atom stereocenters. The first-order chi connectivity index (χ1) is 14.1. The van der Waals surface area contributed by atoms with Gasteiger partial charge in [-0.3, -0.25) is 4.99 Å². The van der Waals surface area contributed by atoms with Gasteiger partial charge in [-0.25, -0.2) is 0 Å². The minimum atomic E-state index is 0.291. The number of ether oxygens (including phenoxy) is 1. The molecule has 0 saturated carbocycles. The smallest absolute Gasteiger partial charge is 0.226 e. The van der Waals surface area contributed by atoms with Crippen molar-refractivity contribution in [3.63, 3.8) is 0 Å². The van der Waals surface area contributed by atoms with Gasteiger partial charge in [-0.1, -0.05) is 31.1 Å². The zero-order chi connectivity index (χ0) is 20.6. The normalized spacial score (nSPS) is 17.2. The number of guanidine groups is 1. The highest BCUT2D eigenvalue weighted by molar-refractivity contribution is 5.80. The lowest BCUT2D eigenvalue weighted by atomic mass is 9.98. The quantitative estimate of drug-likeness (QED) is 0.415. The highest BCUT2D eigenvalue weighted by Crippen LogP contribution is 2.28. The second-order valence-corrected chi connectivity index (χ2v) is 7.75. The van der Waals surface area contributed by atoms with Gasteiger partial charge in [0, 0.05) is 44.4 Å². The highest BCUT2D eigenvalue weighted by atomic mass is 16.5. The van der Waals surface area contributed by atoms with Crippen LogP contribution in [0.4, 0.5) is 0 Å². The number of aliphatic imine (C=N–C) groups is 1. The standard InChI is InChI=1S/C22H33N5O2/c1-5-23-22(24-13-6-7-20-25-21(16(2)3)26-29-20)27-14-12-18(15-27)17-8-10-19(28-4)11-9-17/h8-11,16,18H,5-7,12-15H2,1-4H3,(H,23,24). The number of aromatic nitrogens is 2. The number of hydrogen-bond acceptors (Lipinski definition) is 5. The molecule has 1 aliphatic heterocycles. The van der Waals surface area contributed by atoms with Crippen LogP contribution >= 0.6 is 0 Å². The van der Waals surface area contributed by atoms with Crippen LogP contribution in [0.3, 0.4) is 0 Å². The van der Waals surface area contributed by atoms with E-state index < -0.39 is 0 Å². The van der Waals surface area contributed by atoms with E-state index in [-0.39, 0.29) is 0 Å². The molecule has 3 rings (SSSR count). The number of rotatable bonds is 8. The Bertz CT molecular complexity index is 785. The SMILES string of the molecule is CCNC(=NCCCc1nc(C(C)C)no1)N1CCC(c2ccc(OC)cc2)C1. The van der Waals surface area contributed by atoms with Gasteiger partial charge in [0.05, 0.1) is 7.11 Å². The topological polar surface area (TPSA) is 75.8 Å². The number of aryl methyl sites for hydroxylation is 1. The predicted molar refractivity (Wildman–Crippen MR) is 115 cm³/mol. The summed E-state index contributed by atoms with van der Waals surface area (Å²) in [6.07, 6.45) is 2.79. The fourth-order valence-electron chi connectivity index (χ4n) is 3.55. The molecule has 1 aromatic carbocycles. The lowest BCUT2D eigenvalue weighted by Crippen LogP contribution is -2.40. The van der Waals surface area contributed by atoms with Crippen LogP contribution in [0.15, 0.2) is 33.8 Å². The third kappa shape index (κ3) is 5.71. The number of methoxy groups -OCH3 is 1. The second-order valence-electron chi connectivity index (χ2n) is 7.75. The Balaban J connectivity index is 1.52. The van der Waals surface area contributed by atoms with E-state index in [1.165, 1.54) is 5.56 Å². The maximum absolute atomic E-state index is 5.32. The molecule has 1 fully saturated rings. The van der Waals surface area contributed by atoms with E-state index in [9.17, 15) is 0 Å². The molecule has 1 saturated heterocycles. The third-order valence-corrected chi connectivity index (χ3v) is 5.22. The van der Waals surface area contributed by atoms with E-state index in [1.807, 2.05) is 12.1 Å². The van der Waals surface area contributed by atoms with Gasteiger partial charge in [0.25, 0.3) is 0 Å². The molecular formula is C22H33N5O2. The lowest BCUT2D eigenvalue weighted by molar-refractivity contribution is 0.369. The monoisotopic (exact) mass is 399 g/mol. The van der Waals surface area contributed by atoms with Crippen LogP contribution in [0.2, 0.25) is 0 Å². The number of nitrogens with zero attached hydrogens (tertiary/aromatic N) is 4. The summed E-state index contributed by atoms with van der Waals surface area (Å²) in [5, 5.41) is 7.46. The summed E-state index contributed by atoms with van der Waals surface area (Å²) in [6, 6.07) is 8.43. The summed E-state index contributed by atoms with van der Waals surface area (Å²) in [5.41, 5.74) is 1.36. The summed E-state index contributed by atoms with van der Waals surface area (Å²) < 4.78 is 10.6.